The first kappa shape index (κ1) is 17.5. The van der Waals surface area contributed by atoms with Crippen molar-refractivity contribution in [3.8, 4) is 0 Å². The van der Waals surface area contributed by atoms with Gasteiger partial charge in [0.15, 0.2) is 0 Å². The number of carbonyl (C=O) groups is 2. The Morgan fingerprint density at radius 1 is 1.29 bits per heavy atom. The molecule has 0 aromatic carbocycles. The van der Waals surface area contributed by atoms with Crippen molar-refractivity contribution < 1.29 is 22.8 Å². The number of carbonyl (C=O) groups excluding carboxylic acids is 2. The van der Waals surface area contributed by atoms with E-state index in [0.717, 1.165) is 23.3 Å². The third kappa shape index (κ3) is 2.88. The Hall–Kier alpha value is -1.33. The van der Waals surface area contributed by atoms with E-state index in [9.17, 15) is 22.8 Å². The minimum atomic E-state index is -4.82. The first-order chi connectivity index (χ1) is 11.2. The summed E-state index contributed by atoms with van der Waals surface area (Å²) in [6.45, 7) is 2.30. The van der Waals surface area contributed by atoms with E-state index in [1.54, 1.807) is 0 Å². The summed E-state index contributed by atoms with van der Waals surface area (Å²) in [4.78, 5) is 25.4. The van der Waals surface area contributed by atoms with Crippen molar-refractivity contribution in [1.82, 2.24) is 4.90 Å². The Morgan fingerprint density at radius 3 is 2.71 bits per heavy atom. The third-order valence-corrected chi connectivity index (χ3v) is 6.04. The van der Waals surface area contributed by atoms with Gasteiger partial charge in [-0.1, -0.05) is 18.6 Å². The molecule has 2 aliphatic carbocycles. The summed E-state index contributed by atoms with van der Waals surface area (Å²) in [5, 5.41) is 0. The molecule has 3 rings (SSSR count). The number of alkyl halides is 3. The van der Waals surface area contributed by atoms with Crippen molar-refractivity contribution in [2.24, 2.45) is 17.3 Å². The maximum Gasteiger partial charge on any atom is 0.471 e. The van der Waals surface area contributed by atoms with Crippen molar-refractivity contribution in [3.05, 3.63) is 11.6 Å². The van der Waals surface area contributed by atoms with Gasteiger partial charge in [0.05, 0.1) is 5.41 Å². The summed E-state index contributed by atoms with van der Waals surface area (Å²) < 4.78 is 38.1. The van der Waals surface area contributed by atoms with Crippen molar-refractivity contribution in [2.45, 2.75) is 58.0 Å². The van der Waals surface area contributed by atoms with Crippen molar-refractivity contribution >= 4 is 11.7 Å². The predicted octanol–water partition coefficient (Wildman–Crippen LogP) is 3.88. The molecule has 0 bridgehead atoms. The molecule has 3 atom stereocenters. The molecule has 1 amide bonds. The van der Waals surface area contributed by atoms with Crippen molar-refractivity contribution in [1.29, 1.82) is 0 Å². The molecule has 0 radical (unpaired) electrons. The van der Waals surface area contributed by atoms with E-state index in [-0.39, 0.29) is 18.9 Å². The molecular formula is C18H24F3NO2. The van der Waals surface area contributed by atoms with Gasteiger partial charge in [0.1, 0.15) is 5.78 Å². The second-order valence-corrected chi connectivity index (χ2v) is 7.60. The van der Waals surface area contributed by atoms with Gasteiger partial charge in [-0.3, -0.25) is 9.59 Å². The van der Waals surface area contributed by atoms with Crippen molar-refractivity contribution in [2.75, 3.05) is 13.1 Å². The summed E-state index contributed by atoms with van der Waals surface area (Å²) >= 11 is 0. The highest BCUT2D eigenvalue weighted by Crippen LogP contribution is 2.56. The molecule has 134 valence electrons. The lowest BCUT2D eigenvalue weighted by atomic mass is 9.59. The van der Waals surface area contributed by atoms with Gasteiger partial charge in [-0.15, -0.1) is 0 Å². The van der Waals surface area contributed by atoms with Crippen LogP contribution >= 0.6 is 0 Å². The summed E-state index contributed by atoms with van der Waals surface area (Å²) in [6, 6.07) is 0. The molecule has 6 heteroatoms. The zero-order valence-electron chi connectivity index (χ0n) is 14.0. The highest BCUT2D eigenvalue weighted by molar-refractivity contribution is 5.90. The molecule has 2 fully saturated rings. The Morgan fingerprint density at radius 2 is 2.00 bits per heavy atom. The lowest BCUT2D eigenvalue weighted by molar-refractivity contribution is -0.185. The number of amides is 1. The summed E-state index contributed by atoms with van der Waals surface area (Å²) in [5.74, 6) is -0.794. The number of Topliss-reactive ketones (excluding diaryl/α,β-unsaturated/α-hetero) is 1. The fourth-order valence-corrected chi connectivity index (χ4v) is 5.03. The second-order valence-electron chi connectivity index (χ2n) is 7.60. The molecule has 3 nitrogen and oxygen atoms in total. The van der Waals surface area contributed by atoms with Gasteiger partial charge in [-0.25, -0.2) is 0 Å². The number of hydrogen-bond acceptors (Lipinski definition) is 2. The fourth-order valence-electron chi connectivity index (χ4n) is 5.03. The van der Waals surface area contributed by atoms with Crippen molar-refractivity contribution in [3.63, 3.8) is 0 Å². The molecule has 0 aromatic rings. The predicted molar refractivity (Wildman–Crippen MR) is 83.1 cm³/mol. The lowest BCUT2D eigenvalue weighted by Gasteiger charge is -2.43. The average molecular weight is 343 g/mol. The number of ketones is 1. The van der Waals surface area contributed by atoms with Crippen LogP contribution in [0.3, 0.4) is 0 Å². The number of allylic oxidation sites excluding steroid dienone is 2. The average Bonchev–Trinajstić information content (AvgIpc) is 2.86. The van der Waals surface area contributed by atoms with E-state index in [1.807, 2.05) is 0 Å². The van der Waals surface area contributed by atoms with Crippen LogP contribution in [0, 0.1) is 17.3 Å². The number of nitrogens with zero attached hydrogens (tertiary/aromatic N) is 1. The highest BCUT2D eigenvalue weighted by Gasteiger charge is 2.53. The van der Waals surface area contributed by atoms with E-state index < -0.39 is 17.5 Å². The van der Waals surface area contributed by atoms with Gasteiger partial charge in [0, 0.05) is 19.5 Å². The maximum absolute atomic E-state index is 12.9. The summed E-state index contributed by atoms with van der Waals surface area (Å²) in [6.07, 6.45) is 1.98. The molecule has 0 N–H and O–H groups in total. The molecule has 1 saturated carbocycles. The summed E-state index contributed by atoms with van der Waals surface area (Å²) in [5.41, 5.74) is 0.676. The zero-order chi connectivity index (χ0) is 17.5. The standard InChI is InChI=1S/C18H24F3NO2/c1-12-10-14-6-5-13-4-2-8-22(16(24)18(19,20)21)9-3-7-17(13,14)15(23)11-12/h5,12,14H,2-4,6-11H2,1H3/t12-,14-,17-/m1/s1. The minimum Gasteiger partial charge on any atom is -0.335 e. The first-order valence-electron chi connectivity index (χ1n) is 8.84. The summed E-state index contributed by atoms with van der Waals surface area (Å²) in [7, 11) is 0. The topological polar surface area (TPSA) is 37.4 Å². The Bertz CT molecular complexity index is 569. The van der Waals surface area contributed by atoms with Crippen LogP contribution in [0.4, 0.5) is 13.2 Å². The van der Waals surface area contributed by atoms with Crippen LogP contribution in [-0.2, 0) is 9.59 Å². The molecule has 24 heavy (non-hydrogen) atoms. The SMILES string of the molecule is C[C@H]1CC(=O)[C@]23CCCN(C(=O)C(F)(F)F)CCCC2=CC[C@@H]3C1. The maximum atomic E-state index is 12.9. The highest BCUT2D eigenvalue weighted by atomic mass is 19.4. The van der Waals surface area contributed by atoms with Gasteiger partial charge >= 0.3 is 12.1 Å². The zero-order valence-corrected chi connectivity index (χ0v) is 14.0. The minimum absolute atomic E-state index is 0.0862. The van der Waals surface area contributed by atoms with E-state index in [0.29, 0.717) is 43.9 Å². The quantitative estimate of drug-likeness (QED) is 0.626. The Labute approximate surface area is 140 Å². The molecule has 1 spiro atoms. The van der Waals surface area contributed by atoms with E-state index in [4.69, 9.17) is 0 Å². The molecule has 1 saturated heterocycles. The van der Waals surface area contributed by atoms with Crippen LogP contribution in [0.1, 0.15) is 51.9 Å². The molecule has 0 aromatic heterocycles. The molecular weight excluding hydrogens is 319 g/mol. The number of rotatable bonds is 0. The molecule has 1 heterocycles. The second kappa shape index (κ2) is 6.19. The molecule has 0 unspecified atom stereocenters. The van der Waals surface area contributed by atoms with E-state index in [2.05, 4.69) is 13.0 Å². The van der Waals surface area contributed by atoms with Crippen LogP contribution in [0.25, 0.3) is 0 Å². The fraction of sp³-hybridized carbons (Fsp3) is 0.778. The van der Waals surface area contributed by atoms with Crippen LogP contribution in [-0.4, -0.2) is 35.9 Å². The lowest BCUT2D eigenvalue weighted by Crippen LogP contribution is -2.44. The Kier molecular flexibility index (Phi) is 4.51. The number of halogens is 3. The van der Waals surface area contributed by atoms with E-state index >= 15 is 0 Å². The molecule has 1 aliphatic heterocycles. The third-order valence-electron chi connectivity index (χ3n) is 6.04. The monoisotopic (exact) mass is 343 g/mol. The largest absolute Gasteiger partial charge is 0.471 e. The van der Waals surface area contributed by atoms with E-state index in [1.165, 1.54) is 0 Å². The number of hydrogen-bond donors (Lipinski definition) is 0. The van der Waals surface area contributed by atoms with Gasteiger partial charge in [-0.2, -0.15) is 13.2 Å². The van der Waals surface area contributed by atoms with Crippen LogP contribution in [0.5, 0.6) is 0 Å². The normalized spacial score (nSPS) is 34.6. The first-order valence-corrected chi connectivity index (χ1v) is 8.84. The molecule has 3 aliphatic rings. The van der Waals surface area contributed by atoms with Crippen LogP contribution < -0.4 is 0 Å². The Balaban J connectivity index is 1.80. The van der Waals surface area contributed by atoms with Gasteiger partial charge < -0.3 is 4.90 Å². The van der Waals surface area contributed by atoms with Gasteiger partial charge in [-0.05, 0) is 50.4 Å². The van der Waals surface area contributed by atoms with Gasteiger partial charge in [0.25, 0.3) is 0 Å². The van der Waals surface area contributed by atoms with Crippen LogP contribution in [0.15, 0.2) is 11.6 Å². The van der Waals surface area contributed by atoms with Crippen LogP contribution in [0.2, 0.25) is 0 Å². The van der Waals surface area contributed by atoms with Gasteiger partial charge in [0.2, 0.25) is 0 Å². The smallest absolute Gasteiger partial charge is 0.335 e.